The van der Waals surface area contributed by atoms with Crippen molar-refractivity contribution in [2.75, 3.05) is 13.1 Å². The molecule has 0 N–H and O–H groups in total. The number of likely N-dealkylation sites (tertiary alicyclic amines) is 1. The van der Waals surface area contributed by atoms with Crippen molar-refractivity contribution in [2.24, 2.45) is 16.8 Å². The van der Waals surface area contributed by atoms with Gasteiger partial charge in [0, 0.05) is 30.2 Å². The molecule has 2 heterocycles. The van der Waals surface area contributed by atoms with Crippen LogP contribution in [-0.2, 0) is 18.9 Å². The van der Waals surface area contributed by atoms with Crippen LogP contribution in [0.5, 0.6) is 0 Å². The third-order valence-electron chi connectivity index (χ3n) is 6.23. The molecule has 0 bridgehead atoms. The summed E-state index contributed by atoms with van der Waals surface area (Å²) in [4.78, 5) is 18.6. The van der Waals surface area contributed by atoms with Crippen LogP contribution < -0.4 is 0 Å². The molecular weight excluding hydrogens is 490 g/mol. The van der Waals surface area contributed by atoms with Gasteiger partial charge >= 0.3 is 17.6 Å². The van der Waals surface area contributed by atoms with Crippen LogP contribution in [0, 0.1) is 23.7 Å². The highest BCUT2D eigenvalue weighted by molar-refractivity contribution is 8.18. The van der Waals surface area contributed by atoms with Crippen LogP contribution >= 0.6 is 11.8 Å². The molecule has 1 saturated heterocycles. The number of alkyl halides is 6. The molecule has 35 heavy (non-hydrogen) atoms. The van der Waals surface area contributed by atoms with Crippen LogP contribution in [-0.4, -0.2) is 28.9 Å². The van der Waals surface area contributed by atoms with Crippen LogP contribution in [0.25, 0.3) is 0 Å². The Bertz CT molecular complexity index is 1080. The molecule has 2 fully saturated rings. The minimum atomic E-state index is -4.87. The van der Waals surface area contributed by atoms with Gasteiger partial charge in [-0.15, -0.1) is 5.92 Å². The minimum Gasteiger partial charge on any atom is -0.299 e. The molecule has 0 radical (unpaired) electrons. The Labute approximate surface area is 204 Å². The fraction of sp³-hybridized carbons (Fsp3) is 0.520. The largest absolute Gasteiger partial charge is 0.416 e. The molecule has 1 aliphatic carbocycles. The van der Waals surface area contributed by atoms with E-state index >= 15 is 0 Å². The second kappa shape index (κ2) is 10.4. The topological polar surface area (TPSA) is 32.7 Å². The first-order valence-electron chi connectivity index (χ1n) is 11.5. The van der Waals surface area contributed by atoms with Crippen LogP contribution in [0.15, 0.2) is 34.2 Å². The number of piperidine rings is 1. The van der Waals surface area contributed by atoms with Gasteiger partial charge in [-0.1, -0.05) is 18.1 Å². The molecule has 0 aromatic heterocycles. The molecular formula is C25H24F6N2OS. The van der Waals surface area contributed by atoms with Crippen molar-refractivity contribution in [1.29, 1.82) is 0 Å². The van der Waals surface area contributed by atoms with E-state index in [1.54, 1.807) is 0 Å². The highest BCUT2D eigenvalue weighted by atomic mass is 32.2. The summed E-state index contributed by atoms with van der Waals surface area (Å²) >= 11 is 1.10. The summed E-state index contributed by atoms with van der Waals surface area (Å²) in [7, 11) is 0. The molecule has 3 aliphatic rings. The van der Waals surface area contributed by atoms with Gasteiger partial charge in [0.15, 0.2) is 0 Å². The Kier molecular flexibility index (Phi) is 7.67. The van der Waals surface area contributed by atoms with Gasteiger partial charge in [0.1, 0.15) is 0 Å². The van der Waals surface area contributed by atoms with E-state index in [4.69, 9.17) is 0 Å². The quantitative estimate of drug-likeness (QED) is 0.305. The maximum absolute atomic E-state index is 13.4. The van der Waals surface area contributed by atoms with Crippen LogP contribution in [0.3, 0.4) is 0 Å². The predicted molar refractivity (Wildman–Crippen MR) is 123 cm³/mol. The summed E-state index contributed by atoms with van der Waals surface area (Å²) in [6, 6.07) is 1.82. The molecule has 1 aromatic carbocycles. The lowest BCUT2D eigenvalue weighted by Crippen LogP contribution is -2.33. The number of aliphatic imine (C=N–C) groups is 1. The van der Waals surface area contributed by atoms with E-state index in [-0.39, 0.29) is 29.3 Å². The molecule has 188 valence electrons. The van der Waals surface area contributed by atoms with Crippen LogP contribution in [0.4, 0.5) is 31.1 Å². The zero-order valence-electron chi connectivity index (χ0n) is 18.8. The molecule has 0 unspecified atom stereocenters. The van der Waals surface area contributed by atoms with Gasteiger partial charge in [0.2, 0.25) is 0 Å². The highest BCUT2D eigenvalue weighted by Crippen LogP contribution is 2.38. The van der Waals surface area contributed by atoms with E-state index in [0.717, 1.165) is 41.3 Å². The molecule has 1 saturated carbocycles. The summed E-state index contributed by atoms with van der Waals surface area (Å²) in [6.45, 7) is 0.936. The van der Waals surface area contributed by atoms with Gasteiger partial charge in [0.05, 0.1) is 16.8 Å². The van der Waals surface area contributed by atoms with Gasteiger partial charge in [-0.05, 0) is 74.1 Å². The number of thioether (sulfide) groups is 1. The molecule has 10 heteroatoms. The van der Waals surface area contributed by atoms with Crippen molar-refractivity contribution in [1.82, 2.24) is 4.90 Å². The number of halogens is 6. The second-order valence-electron chi connectivity index (χ2n) is 9.03. The monoisotopic (exact) mass is 514 g/mol. The Morgan fingerprint density at radius 1 is 1.06 bits per heavy atom. The molecule has 3 nitrogen and oxygen atoms in total. The Balaban J connectivity index is 1.36. The zero-order chi connectivity index (χ0) is 25.2. The number of hydrogen-bond acceptors (Lipinski definition) is 3. The number of rotatable bonds is 5. The van der Waals surface area contributed by atoms with Crippen molar-refractivity contribution >= 4 is 22.7 Å². The van der Waals surface area contributed by atoms with E-state index in [2.05, 4.69) is 16.8 Å². The summed E-state index contributed by atoms with van der Waals surface area (Å²) in [6.07, 6.45) is -2.76. The molecule has 1 amide bonds. The van der Waals surface area contributed by atoms with Gasteiger partial charge in [-0.3, -0.25) is 9.69 Å². The predicted octanol–water partition coefficient (Wildman–Crippen LogP) is 7.32. The van der Waals surface area contributed by atoms with E-state index in [1.165, 1.54) is 0 Å². The summed E-state index contributed by atoms with van der Waals surface area (Å²) in [5.41, 5.74) is -1.98. The van der Waals surface area contributed by atoms with Crippen molar-refractivity contribution < 1.29 is 31.1 Å². The minimum absolute atomic E-state index is 0.0735. The average Bonchev–Trinajstić information content (AvgIpc) is 3.53. The summed E-state index contributed by atoms with van der Waals surface area (Å²) < 4.78 is 79.0. The van der Waals surface area contributed by atoms with Gasteiger partial charge in [-0.25, -0.2) is 4.99 Å². The first-order chi connectivity index (χ1) is 16.5. The molecule has 0 spiro atoms. The van der Waals surface area contributed by atoms with E-state index in [9.17, 15) is 31.1 Å². The molecule has 1 aromatic rings. The third-order valence-corrected chi connectivity index (χ3v) is 7.09. The fourth-order valence-corrected chi connectivity index (χ4v) is 5.03. The number of allylic oxidation sites excluding steroid dienone is 2. The number of nitrogens with zero attached hydrogens (tertiary/aromatic N) is 2. The normalized spacial score (nSPS) is 21.3. The maximum Gasteiger partial charge on any atom is 0.416 e. The molecule has 2 aliphatic heterocycles. The third kappa shape index (κ3) is 7.14. The van der Waals surface area contributed by atoms with Crippen LogP contribution in [0.1, 0.15) is 55.2 Å². The first kappa shape index (κ1) is 25.8. The molecule has 0 atom stereocenters. The van der Waals surface area contributed by atoms with E-state index in [0.29, 0.717) is 50.8 Å². The lowest BCUT2D eigenvalue weighted by atomic mass is 9.94. The van der Waals surface area contributed by atoms with Crippen molar-refractivity contribution in [2.45, 2.75) is 57.4 Å². The van der Waals surface area contributed by atoms with Gasteiger partial charge in [-0.2, -0.15) is 26.3 Å². The Morgan fingerprint density at radius 3 is 2.40 bits per heavy atom. The fourth-order valence-electron chi connectivity index (χ4n) is 4.16. The number of amides is 1. The van der Waals surface area contributed by atoms with E-state index in [1.807, 2.05) is 11.0 Å². The van der Waals surface area contributed by atoms with Crippen LogP contribution in [0.2, 0.25) is 0 Å². The van der Waals surface area contributed by atoms with Gasteiger partial charge < -0.3 is 0 Å². The van der Waals surface area contributed by atoms with Gasteiger partial charge in [0.25, 0.3) is 0 Å². The van der Waals surface area contributed by atoms with Crippen molar-refractivity contribution in [3.05, 3.63) is 45.9 Å². The Morgan fingerprint density at radius 2 is 1.77 bits per heavy atom. The smallest absolute Gasteiger partial charge is 0.299 e. The SMILES string of the molecule is O=C1N=C(CCC#CC2CC2)/C(=C/C2CCN(Cc3ccc(C(F)(F)F)cc3C(F)(F)F)CC2)S1. The number of hydrogen-bond donors (Lipinski definition) is 0. The summed E-state index contributed by atoms with van der Waals surface area (Å²) in [5, 5.41) is -0.249. The number of benzene rings is 1. The maximum atomic E-state index is 13.4. The number of carbonyl (C=O) groups is 1. The average molecular weight is 515 g/mol. The number of carbonyl (C=O) groups excluding carboxylic acids is 1. The highest BCUT2D eigenvalue weighted by Gasteiger charge is 2.38. The zero-order valence-corrected chi connectivity index (χ0v) is 19.6. The standard InChI is InChI=1S/C25H24F6N2OS/c26-24(27,28)19-8-7-18(20(14-19)25(29,30)31)15-33-11-9-17(10-12-33)13-22-21(32-23(34)35-22)4-2-1-3-16-5-6-16/h7-8,13-14,16-17H,2,4-6,9-12,15H2/b22-13-. The first-order valence-corrected chi connectivity index (χ1v) is 12.3. The van der Waals surface area contributed by atoms with Crippen molar-refractivity contribution in [3.63, 3.8) is 0 Å². The lowest BCUT2D eigenvalue weighted by molar-refractivity contribution is -0.143. The lowest BCUT2D eigenvalue weighted by Gasteiger charge is -2.31. The van der Waals surface area contributed by atoms with Crippen molar-refractivity contribution in [3.8, 4) is 11.8 Å². The molecule has 4 rings (SSSR count). The second-order valence-corrected chi connectivity index (χ2v) is 10.0. The van der Waals surface area contributed by atoms with E-state index < -0.39 is 23.5 Å². The Hall–Kier alpha value is -2.25. The summed E-state index contributed by atoms with van der Waals surface area (Å²) in [5.74, 6) is 7.00.